The van der Waals surface area contributed by atoms with Crippen molar-refractivity contribution in [3.05, 3.63) is 24.3 Å². The van der Waals surface area contributed by atoms with Crippen LogP contribution in [-0.2, 0) is 10.0 Å². The van der Waals surface area contributed by atoms with Crippen LogP contribution in [0.3, 0.4) is 0 Å². The highest BCUT2D eigenvalue weighted by Gasteiger charge is 2.14. The average Bonchev–Trinajstić information content (AvgIpc) is 2.52. The second-order valence-electron chi connectivity index (χ2n) is 5.50. The van der Waals surface area contributed by atoms with Crippen LogP contribution >= 0.6 is 0 Å². The summed E-state index contributed by atoms with van der Waals surface area (Å²) in [6.45, 7) is 5.54. The summed E-state index contributed by atoms with van der Waals surface area (Å²) in [6.07, 6.45) is 3.18. The minimum atomic E-state index is -3.36. The number of rotatable bonds is 7. The predicted octanol–water partition coefficient (Wildman–Crippen LogP) is 1.79. The van der Waals surface area contributed by atoms with Gasteiger partial charge in [0.05, 0.1) is 4.90 Å². The molecule has 0 atom stereocenters. The first-order valence-electron chi connectivity index (χ1n) is 7.66. The highest BCUT2D eigenvalue weighted by molar-refractivity contribution is 7.89. The molecular weight excluding hydrogens is 286 g/mol. The number of hydrogen-bond acceptors (Lipinski definition) is 4. The zero-order valence-corrected chi connectivity index (χ0v) is 13.4. The number of anilines is 1. The largest absolute Gasteiger partial charge is 0.385 e. The third-order valence-electron chi connectivity index (χ3n) is 3.76. The predicted molar refractivity (Wildman–Crippen MR) is 86.0 cm³/mol. The minimum absolute atomic E-state index is 0.323. The maximum absolute atomic E-state index is 12.0. The van der Waals surface area contributed by atoms with Crippen molar-refractivity contribution in [3.63, 3.8) is 0 Å². The van der Waals surface area contributed by atoms with Crippen LogP contribution in [0.5, 0.6) is 0 Å². The molecule has 3 N–H and O–H groups in total. The Labute approximate surface area is 127 Å². The summed E-state index contributed by atoms with van der Waals surface area (Å²) in [6, 6.07) is 6.98. The Morgan fingerprint density at radius 2 is 1.86 bits per heavy atom. The van der Waals surface area contributed by atoms with Gasteiger partial charge in [-0.25, -0.2) is 13.1 Å². The van der Waals surface area contributed by atoms with E-state index in [1.165, 1.54) is 12.8 Å². The van der Waals surface area contributed by atoms with E-state index in [9.17, 15) is 8.42 Å². The minimum Gasteiger partial charge on any atom is -0.385 e. The molecular formula is C15H25N3O2S. The zero-order valence-electron chi connectivity index (χ0n) is 12.6. The lowest BCUT2D eigenvalue weighted by Gasteiger charge is -2.23. The number of nitrogens with one attached hydrogen (secondary N) is 3. The molecule has 5 nitrogen and oxygen atoms in total. The van der Waals surface area contributed by atoms with Crippen LogP contribution in [0.4, 0.5) is 5.69 Å². The van der Waals surface area contributed by atoms with Crippen LogP contribution in [-0.4, -0.2) is 34.6 Å². The molecule has 1 aromatic carbocycles. The quantitative estimate of drug-likeness (QED) is 0.718. The van der Waals surface area contributed by atoms with Crippen LogP contribution in [0.1, 0.15) is 26.2 Å². The summed E-state index contributed by atoms with van der Waals surface area (Å²) in [7, 11) is -3.36. The standard InChI is InChI=1S/C15H25N3O2S/c1-2-9-18-21(19,20)15-5-3-14(4-6-15)17-12-13-7-10-16-11-8-13/h3-6,13,16-18H,2,7-12H2,1H3. The Morgan fingerprint density at radius 1 is 1.19 bits per heavy atom. The van der Waals surface area contributed by atoms with Crippen molar-refractivity contribution in [2.24, 2.45) is 5.92 Å². The molecule has 1 heterocycles. The number of piperidine rings is 1. The number of hydrogen-bond donors (Lipinski definition) is 3. The topological polar surface area (TPSA) is 70.2 Å². The third-order valence-corrected chi connectivity index (χ3v) is 5.24. The molecule has 1 fully saturated rings. The summed E-state index contributed by atoms with van der Waals surface area (Å²) in [4.78, 5) is 0.323. The summed E-state index contributed by atoms with van der Waals surface area (Å²) >= 11 is 0. The van der Waals surface area contributed by atoms with E-state index in [1.54, 1.807) is 12.1 Å². The molecule has 0 unspecified atom stereocenters. The Kier molecular flexibility index (Phi) is 6.02. The van der Waals surface area contributed by atoms with Crippen molar-refractivity contribution < 1.29 is 8.42 Å². The SMILES string of the molecule is CCCNS(=O)(=O)c1ccc(NCC2CCNCC2)cc1. The highest BCUT2D eigenvalue weighted by Crippen LogP contribution is 2.16. The number of sulfonamides is 1. The molecule has 6 heteroatoms. The monoisotopic (exact) mass is 311 g/mol. The van der Waals surface area contributed by atoms with Crippen LogP contribution in [0.2, 0.25) is 0 Å². The molecule has 0 aromatic heterocycles. The van der Waals surface area contributed by atoms with Crippen molar-refractivity contribution >= 4 is 15.7 Å². The van der Waals surface area contributed by atoms with Crippen molar-refractivity contribution in [1.29, 1.82) is 0 Å². The Hall–Kier alpha value is -1.11. The summed E-state index contributed by atoms with van der Waals surface area (Å²) in [5, 5.41) is 6.75. The molecule has 1 aromatic rings. The van der Waals surface area contributed by atoms with Gasteiger partial charge in [0.1, 0.15) is 0 Å². The van der Waals surface area contributed by atoms with E-state index in [2.05, 4.69) is 15.4 Å². The van der Waals surface area contributed by atoms with E-state index in [1.807, 2.05) is 19.1 Å². The molecule has 0 aliphatic carbocycles. The summed E-state index contributed by atoms with van der Waals surface area (Å²) < 4.78 is 26.5. The van der Waals surface area contributed by atoms with Crippen molar-refractivity contribution in [2.45, 2.75) is 31.1 Å². The van der Waals surface area contributed by atoms with Gasteiger partial charge < -0.3 is 10.6 Å². The third kappa shape index (κ3) is 4.98. The van der Waals surface area contributed by atoms with Gasteiger partial charge in [-0.1, -0.05) is 6.92 Å². The molecule has 1 aliphatic heterocycles. The van der Waals surface area contributed by atoms with Crippen LogP contribution in [0.25, 0.3) is 0 Å². The zero-order chi connectivity index (χ0) is 15.1. The molecule has 0 bridgehead atoms. The van der Waals surface area contributed by atoms with E-state index in [4.69, 9.17) is 0 Å². The van der Waals surface area contributed by atoms with E-state index >= 15 is 0 Å². The summed E-state index contributed by atoms with van der Waals surface area (Å²) in [5.74, 6) is 0.695. The second kappa shape index (κ2) is 7.77. The van der Waals surface area contributed by atoms with Crippen LogP contribution in [0, 0.1) is 5.92 Å². The molecule has 0 radical (unpaired) electrons. The van der Waals surface area contributed by atoms with Gasteiger partial charge in [0, 0.05) is 18.8 Å². The van der Waals surface area contributed by atoms with Gasteiger partial charge in [-0.15, -0.1) is 0 Å². The Balaban J connectivity index is 1.89. The van der Waals surface area contributed by atoms with Gasteiger partial charge in [-0.2, -0.15) is 0 Å². The van der Waals surface area contributed by atoms with Crippen molar-refractivity contribution in [1.82, 2.24) is 10.0 Å². The Bertz CT molecular complexity index is 522. The summed E-state index contributed by atoms with van der Waals surface area (Å²) in [5.41, 5.74) is 0.975. The van der Waals surface area contributed by atoms with E-state index in [0.717, 1.165) is 31.7 Å². The normalized spacial score (nSPS) is 16.8. The first-order chi connectivity index (χ1) is 10.1. The van der Waals surface area contributed by atoms with E-state index in [0.29, 0.717) is 17.4 Å². The number of benzene rings is 1. The van der Waals surface area contributed by atoms with E-state index < -0.39 is 10.0 Å². The maximum atomic E-state index is 12.0. The van der Waals surface area contributed by atoms with Crippen molar-refractivity contribution in [2.75, 3.05) is 31.5 Å². The molecule has 0 amide bonds. The Morgan fingerprint density at radius 3 is 2.48 bits per heavy atom. The molecule has 21 heavy (non-hydrogen) atoms. The van der Waals surface area contributed by atoms with Crippen molar-refractivity contribution in [3.8, 4) is 0 Å². The molecule has 1 saturated heterocycles. The first kappa shape index (κ1) is 16.3. The molecule has 0 spiro atoms. The fraction of sp³-hybridized carbons (Fsp3) is 0.600. The van der Waals surface area contributed by atoms with Crippen LogP contribution in [0.15, 0.2) is 29.2 Å². The lowest BCUT2D eigenvalue weighted by Crippen LogP contribution is -2.31. The fourth-order valence-corrected chi connectivity index (χ4v) is 3.55. The first-order valence-corrected chi connectivity index (χ1v) is 9.14. The highest BCUT2D eigenvalue weighted by atomic mass is 32.2. The average molecular weight is 311 g/mol. The van der Waals surface area contributed by atoms with E-state index in [-0.39, 0.29) is 0 Å². The lowest BCUT2D eigenvalue weighted by atomic mass is 9.98. The van der Waals surface area contributed by atoms with Gasteiger partial charge in [-0.3, -0.25) is 0 Å². The maximum Gasteiger partial charge on any atom is 0.240 e. The lowest BCUT2D eigenvalue weighted by molar-refractivity contribution is 0.390. The fourth-order valence-electron chi connectivity index (χ4n) is 2.42. The van der Waals surface area contributed by atoms with Gasteiger partial charge in [0.2, 0.25) is 10.0 Å². The molecule has 2 rings (SSSR count). The van der Waals surface area contributed by atoms with Gasteiger partial charge >= 0.3 is 0 Å². The van der Waals surface area contributed by atoms with Gasteiger partial charge in [0.25, 0.3) is 0 Å². The van der Waals surface area contributed by atoms with Gasteiger partial charge in [-0.05, 0) is 62.5 Å². The smallest absolute Gasteiger partial charge is 0.240 e. The molecule has 118 valence electrons. The molecule has 1 aliphatic rings. The second-order valence-corrected chi connectivity index (χ2v) is 7.26. The van der Waals surface area contributed by atoms with Crippen LogP contribution < -0.4 is 15.4 Å². The molecule has 0 saturated carbocycles. The van der Waals surface area contributed by atoms with Gasteiger partial charge in [0.15, 0.2) is 0 Å².